The van der Waals surface area contributed by atoms with E-state index in [1.165, 1.54) is 0 Å². The highest BCUT2D eigenvalue weighted by atomic mass is 16.5. The number of rotatable bonds is 1. The highest BCUT2D eigenvalue weighted by Gasteiger charge is 2.14. The van der Waals surface area contributed by atoms with Crippen molar-refractivity contribution >= 4 is 0 Å². The molecule has 0 radical (unpaired) electrons. The van der Waals surface area contributed by atoms with Gasteiger partial charge in [0.05, 0.1) is 10.2 Å². The summed E-state index contributed by atoms with van der Waals surface area (Å²) in [7, 11) is -0.188. The van der Waals surface area contributed by atoms with Crippen LogP contribution < -0.4 is 0 Å². The van der Waals surface area contributed by atoms with E-state index in [1.807, 2.05) is 7.05 Å². The monoisotopic (exact) mass is 132 g/mol. The zero-order valence-corrected chi connectivity index (χ0v) is 5.76. The number of piperidine rings is 1. The molecular formula is C7H15NO. The van der Waals surface area contributed by atoms with Gasteiger partial charge < -0.3 is 9.64 Å². The molecule has 9 heavy (non-hydrogen) atoms. The fraction of sp³-hybridized carbons (Fsp3) is 1.00. The first-order valence-corrected chi connectivity index (χ1v) is 3.34. The van der Waals surface area contributed by atoms with Gasteiger partial charge in [-0.05, 0) is 19.9 Å². The van der Waals surface area contributed by atoms with E-state index in [2.05, 4.69) is 4.90 Å². The molecule has 1 aliphatic rings. The molecule has 1 aliphatic heterocycles. The standard InChI is InChI=1S/C7H15NO/c1-8-5-3-7(9-2)4-6-8/h7H,3-6H2,1-2H3/i2D3. The van der Waals surface area contributed by atoms with Gasteiger partial charge >= 0.3 is 0 Å². The Balaban J connectivity index is 2.26. The Labute approximate surface area is 61.0 Å². The second-order valence-corrected chi connectivity index (χ2v) is 2.62. The highest BCUT2D eigenvalue weighted by molar-refractivity contribution is 4.68. The summed E-state index contributed by atoms with van der Waals surface area (Å²) >= 11 is 0. The summed E-state index contributed by atoms with van der Waals surface area (Å²) in [5, 5.41) is 0. The molecule has 0 aromatic heterocycles. The van der Waals surface area contributed by atoms with Crippen LogP contribution in [0.25, 0.3) is 0 Å². The zero-order chi connectivity index (χ0) is 9.19. The van der Waals surface area contributed by atoms with Gasteiger partial charge in [0.25, 0.3) is 0 Å². The third-order valence-corrected chi connectivity index (χ3v) is 1.83. The number of likely N-dealkylation sites (tertiary alicyclic amines) is 1. The van der Waals surface area contributed by atoms with Gasteiger partial charge in [-0.25, -0.2) is 0 Å². The quantitative estimate of drug-likeness (QED) is 0.521. The van der Waals surface area contributed by atoms with Crippen molar-refractivity contribution in [3.8, 4) is 0 Å². The first kappa shape index (κ1) is 3.94. The zero-order valence-electron chi connectivity index (χ0n) is 8.76. The summed E-state index contributed by atoms with van der Waals surface area (Å²) in [6.07, 6.45) is 1.58. The Morgan fingerprint density at radius 1 is 1.56 bits per heavy atom. The van der Waals surface area contributed by atoms with E-state index in [1.54, 1.807) is 0 Å². The van der Waals surface area contributed by atoms with Crippen LogP contribution in [0.5, 0.6) is 0 Å². The highest BCUT2D eigenvalue weighted by Crippen LogP contribution is 2.10. The minimum absolute atomic E-state index is 0.0753. The molecule has 1 saturated heterocycles. The van der Waals surface area contributed by atoms with Crippen LogP contribution >= 0.6 is 0 Å². The Morgan fingerprint density at radius 3 is 2.78 bits per heavy atom. The van der Waals surface area contributed by atoms with Crippen molar-refractivity contribution in [1.82, 2.24) is 4.90 Å². The van der Waals surface area contributed by atoms with Crippen molar-refractivity contribution in [2.24, 2.45) is 0 Å². The summed E-state index contributed by atoms with van der Waals surface area (Å²) < 4.78 is 25.6. The van der Waals surface area contributed by atoms with E-state index in [4.69, 9.17) is 8.85 Å². The van der Waals surface area contributed by atoms with Gasteiger partial charge in [0.1, 0.15) is 0 Å². The largest absolute Gasteiger partial charge is 0.381 e. The molecule has 0 aromatic rings. The Bertz CT molecular complexity index is 140. The van der Waals surface area contributed by atoms with E-state index in [0.717, 1.165) is 25.9 Å². The molecule has 1 heterocycles. The van der Waals surface area contributed by atoms with Crippen molar-refractivity contribution in [2.45, 2.75) is 18.9 Å². The van der Waals surface area contributed by atoms with Gasteiger partial charge in [-0.1, -0.05) is 0 Å². The molecule has 0 aliphatic carbocycles. The van der Waals surface area contributed by atoms with Crippen LogP contribution in [-0.2, 0) is 4.74 Å². The molecule has 0 aromatic carbocycles. The van der Waals surface area contributed by atoms with Gasteiger partial charge in [0.2, 0.25) is 0 Å². The third kappa shape index (κ3) is 1.95. The van der Waals surface area contributed by atoms with Gasteiger partial charge in [-0.3, -0.25) is 0 Å². The normalized spacial score (nSPS) is 31.0. The molecule has 2 heteroatoms. The van der Waals surface area contributed by atoms with Crippen LogP contribution in [0.4, 0.5) is 0 Å². The number of ether oxygens (including phenoxy) is 1. The summed E-state index contributed by atoms with van der Waals surface area (Å²) in [6, 6.07) is 0. The maximum atomic E-state index is 6.92. The van der Waals surface area contributed by atoms with Gasteiger partial charge in [0, 0.05) is 20.1 Å². The summed E-state index contributed by atoms with van der Waals surface area (Å²) in [5.74, 6) is 0. The van der Waals surface area contributed by atoms with E-state index < -0.39 is 7.04 Å². The van der Waals surface area contributed by atoms with E-state index in [0.29, 0.717) is 0 Å². The fourth-order valence-electron chi connectivity index (χ4n) is 1.10. The van der Waals surface area contributed by atoms with E-state index in [-0.39, 0.29) is 6.10 Å². The fourth-order valence-corrected chi connectivity index (χ4v) is 1.10. The van der Waals surface area contributed by atoms with Crippen molar-refractivity contribution in [1.29, 1.82) is 0 Å². The van der Waals surface area contributed by atoms with E-state index in [9.17, 15) is 0 Å². The third-order valence-electron chi connectivity index (χ3n) is 1.83. The summed E-state index contributed by atoms with van der Waals surface area (Å²) in [4.78, 5) is 2.18. The van der Waals surface area contributed by atoms with Crippen molar-refractivity contribution in [2.75, 3.05) is 27.2 Å². The summed E-state index contributed by atoms with van der Waals surface area (Å²) in [5.41, 5.74) is 0. The van der Waals surface area contributed by atoms with Gasteiger partial charge in [-0.2, -0.15) is 0 Å². The molecule has 0 bridgehead atoms. The smallest absolute Gasteiger partial charge is 0.0595 e. The topological polar surface area (TPSA) is 12.5 Å². The lowest BCUT2D eigenvalue weighted by molar-refractivity contribution is 0.0484. The predicted molar refractivity (Wildman–Crippen MR) is 37.5 cm³/mol. The molecule has 54 valence electrons. The Morgan fingerprint density at radius 2 is 2.22 bits per heavy atom. The Hall–Kier alpha value is -0.0800. The average molecular weight is 132 g/mol. The van der Waals surface area contributed by atoms with Crippen LogP contribution in [0, 0.1) is 0 Å². The minimum Gasteiger partial charge on any atom is -0.381 e. The SMILES string of the molecule is [2H]C([2H])([2H])OC1CCN(C)CC1. The molecule has 0 unspecified atom stereocenters. The maximum absolute atomic E-state index is 6.92. The van der Waals surface area contributed by atoms with Gasteiger partial charge in [-0.15, -0.1) is 0 Å². The first-order chi connectivity index (χ1) is 5.47. The second kappa shape index (κ2) is 3.18. The van der Waals surface area contributed by atoms with Crippen molar-refractivity contribution < 1.29 is 8.85 Å². The number of hydrogen-bond donors (Lipinski definition) is 0. The van der Waals surface area contributed by atoms with E-state index >= 15 is 0 Å². The number of methoxy groups -OCH3 is 1. The molecule has 1 rings (SSSR count). The number of nitrogens with zero attached hydrogens (tertiary/aromatic N) is 1. The molecule has 0 spiro atoms. The predicted octanol–water partition coefficient (Wildman–Crippen LogP) is 0.727. The van der Waals surface area contributed by atoms with Crippen molar-refractivity contribution in [3.05, 3.63) is 0 Å². The van der Waals surface area contributed by atoms with Crippen LogP contribution in [0.3, 0.4) is 0 Å². The maximum Gasteiger partial charge on any atom is 0.0595 e. The molecule has 0 atom stereocenters. The summed E-state index contributed by atoms with van der Waals surface area (Å²) in [6.45, 7) is 1.86. The first-order valence-electron chi connectivity index (χ1n) is 4.84. The second-order valence-electron chi connectivity index (χ2n) is 2.62. The number of hydrogen-bond acceptors (Lipinski definition) is 2. The van der Waals surface area contributed by atoms with Crippen molar-refractivity contribution in [3.63, 3.8) is 0 Å². The molecular weight excluding hydrogens is 114 g/mol. The lowest BCUT2D eigenvalue weighted by atomic mass is 10.1. The molecule has 0 N–H and O–H groups in total. The Kier molecular flexibility index (Phi) is 1.39. The lowest BCUT2D eigenvalue weighted by Gasteiger charge is -2.27. The molecule has 0 amide bonds. The van der Waals surface area contributed by atoms with Crippen LogP contribution in [0.15, 0.2) is 0 Å². The van der Waals surface area contributed by atoms with Crippen LogP contribution in [-0.4, -0.2) is 38.2 Å². The van der Waals surface area contributed by atoms with Crippen LogP contribution in [0.2, 0.25) is 0 Å². The molecule has 2 nitrogen and oxygen atoms in total. The molecule has 0 saturated carbocycles. The minimum atomic E-state index is -2.22. The van der Waals surface area contributed by atoms with Crippen LogP contribution in [0.1, 0.15) is 17.0 Å². The molecule has 1 fully saturated rings. The van der Waals surface area contributed by atoms with Gasteiger partial charge in [0.15, 0.2) is 0 Å². The lowest BCUT2D eigenvalue weighted by Crippen LogP contribution is -2.33. The average Bonchev–Trinajstić information content (AvgIpc) is 1.91.